The highest BCUT2D eigenvalue weighted by atomic mass is 32.2. The molecule has 1 aromatic heterocycles. The van der Waals surface area contributed by atoms with Gasteiger partial charge in [0.15, 0.2) is 5.76 Å². The van der Waals surface area contributed by atoms with Crippen molar-refractivity contribution in [3.05, 3.63) is 41.3 Å². The predicted octanol–water partition coefficient (Wildman–Crippen LogP) is 2.54. The minimum Gasteiger partial charge on any atom is -0.491 e. The lowest BCUT2D eigenvalue weighted by Crippen LogP contribution is -2.46. The first kappa shape index (κ1) is 22.3. The number of aryl methyl sites for hydroxylation is 3. The molecule has 0 aliphatic carbocycles. The average molecular weight is 436 g/mol. The summed E-state index contributed by atoms with van der Waals surface area (Å²) in [5.41, 5.74) is 1.38. The second-order valence-corrected chi connectivity index (χ2v) is 9.60. The summed E-state index contributed by atoms with van der Waals surface area (Å²) in [6, 6.07) is 7.73. The summed E-state index contributed by atoms with van der Waals surface area (Å²) in [7, 11) is -2.02. The minimum absolute atomic E-state index is 0.0675. The van der Waals surface area contributed by atoms with E-state index in [1.54, 1.807) is 25.8 Å². The highest BCUT2D eigenvalue weighted by Crippen LogP contribution is 2.28. The first-order chi connectivity index (χ1) is 14.2. The van der Waals surface area contributed by atoms with Crippen molar-refractivity contribution in [1.82, 2.24) is 14.4 Å². The van der Waals surface area contributed by atoms with E-state index < -0.39 is 10.0 Å². The van der Waals surface area contributed by atoms with E-state index in [2.05, 4.69) is 5.16 Å². The van der Waals surface area contributed by atoms with Gasteiger partial charge in [-0.2, -0.15) is 4.31 Å². The lowest BCUT2D eigenvalue weighted by Gasteiger charge is -2.33. The molecule has 9 heteroatoms. The Kier molecular flexibility index (Phi) is 6.82. The summed E-state index contributed by atoms with van der Waals surface area (Å²) in [5, 5.41) is 3.75. The van der Waals surface area contributed by atoms with Crippen molar-refractivity contribution >= 4 is 15.9 Å². The maximum absolute atomic E-state index is 13.1. The molecule has 1 saturated heterocycles. The number of ether oxygens (including phenoxy) is 1. The zero-order valence-corrected chi connectivity index (χ0v) is 18.7. The number of piperidine rings is 1. The van der Waals surface area contributed by atoms with Gasteiger partial charge in [-0.25, -0.2) is 8.42 Å². The van der Waals surface area contributed by atoms with Crippen molar-refractivity contribution in [2.45, 2.75) is 38.5 Å². The van der Waals surface area contributed by atoms with E-state index in [1.165, 1.54) is 4.31 Å². The molecule has 164 valence electrons. The van der Waals surface area contributed by atoms with Crippen LogP contribution in [0.15, 0.2) is 33.7 Å². The number of likely N-dealkylation sites (N-methyl/N-ethyl adjacent to an activating group) is 1. The third-order valence-electron chi connectivity index (χ3n) is 5.45. The topological polar surface area (TPSA) is 93.0 Å². The van der Waals surface area contributed by atoms with Gasteiger partial charge in [-0.05, 0) is 45.2 Å². The fraction of sp³-hybridized carbons (Fsp3) is 0.524. The maximum Gasteiger partial charge on any atom is 0.248 e. The van der Waals surface area contributed by atoms with E-state index in [0.29, 0.717) is 38.2 Å². The number of carbonyl (C=O) groups is 1. The van der Waals surface area contributed by atoms with Crippen LogP contribution in [0.25, 0.3) is 0 Å². The number of benzene rings is 1. The summed E-state index contributed by atoms with van der Waals surface area (Å²) in [5.74, 6) is 0.624. The van der Waals surface area contributed by atoms with Crippen LogP contribution in [0.2, 0.25) is 0 Å². The largest absolute Gasteiger partial charge is 0.491 e. The van der Waals surface area contributed by atoms with Crippen LogP contribution in [0, 0.1) is 26.7 Å². The van der Waals surface area contributed by atoms with Gasteiger partial charge in [0, 0.05) is 20.1 Å². The lowest BCUT2D eigenvalue weighted by atomic mass is 9.98. The molecular weight excluding hydrogens is 406 g/mol. The molecule has 30 heavy (non-hydrogen) atoms. The van der Waals surface area contributed by atoms with Crippen LogP contribution in [0.5, 0.6) is 5.75 Å². The van der Waals surface area contributed by atoms with Gasteiger partial charge in [0.1, 0.15) is 22.9 Å². The van der Waals surface area contributed by atoms with Gasteiger partial charge < -0.3 is 14.2 Å². The molecule has 1 amide bonds. The van der Waals surface area contributed by atoms with Crippen LogP contribution < -0.4 is 4.74 Å². The van der Waals surface area contributed by atoms with Gasteiger partial charge in [0.05, 0.1) is 12.5 Å². The Hall–Kier alpha value is -2.39. The number of hydrogen-bond donors (Lipinski definition) is 0. The predicted molar refractivity (Wildman–Crippen MR) is 112 cm³/mol. The number of nitrogens with zero attached hydrogens (tertiary/aromatic N) is 3. The van der Waals surface area contributed by atoms with E-state index in [4.69, 9.17) is 9.26 Å². The number of hydrogen-bond acceptors (Lipinski definition) is 6. The Bertz CT molecular complexity index is 982. The van der Waals surface area contributed by atoms with Gasteiger partial charge >= 0.3 is 0 Å². The summed E-state index contributed by atoms with van der Waals surface area (Å²) in [6.45, 7) is 6.52. The number of amides is 1. The highest BCUT2D eigenvalue weighted by molar-refractivity contribution is 7.89. The fourth-order valence-corrected chi connectivity index (χ4v) is 5.58. The third kappa shape index (κ3) is 4.67. The van der Waals surface area contributed by atoms with E-state index >= 15 is 0 Å². The van der Waals surface area contributed by atoms with E-state index in [-0.39, 0.29) is 29.0 Å². The monoisotopic (exact) mass is 435 g/mol. The van der Waals surface area contributed by atoms with Gasteiger partial charge in [-0.1, -0.05) is 23.4 Å². The van der Waals surface area contributed by atoms with E-state index in [0.717, 1.165) is 11.3 Å². The van der Waals surface area contributed by atoms with Gasteiger partial charge in [-0.15, -0.1) is 0 Å². The molecule has 0 bridgehead atoms. The molecule has 0 spiro atoms. The molecule has 2 aromatic rings. The van der Waals surface area contributed by atoms with E-state index in [9.17, 15) is 13.2 Å². The smallest absolute Gasteiger partial charge is 0.248 e. The van der Waals surface area contributed by atoms with E-state index in [1.807, 2.05) is 31.2 Å². The third-order valence-corrected chi connectivity index (χ3v) is 7.56. The molecule has 2 heterocycles. The first-order valence-electron chi connectivity index (χ1n) is 10.1. The molecule has 8 nitrogen and oxygen atoms in total. The zero-order chi connectivity index (χ0) is 21.9. The molecule has 3 rings (SSSR count). The molecule has 1 aromatic carbocycles. The molecular formula is C21H29N3O5S. The SMILES string of the molecule is Cc1ccccc1OCCN(C)C(=O)C1CCCN(S(=O)(=O)c2c(C)noc2C)C1. The van der Waals surface area contributed by atoms with Crippen molar-refractivity contribution in [3.8, 4) is 5.75 Å². The van der Waals surface area contributed by atoms with Crippen molar-refractivity contribution in [3.63, 3.8) is 0 Å². The van der Waals surface area contributed by atoms with Crippen LogP contribution in [0.1, 0.15) is 29.9 Å². The quantitative estimate of drug-likeness (QED) is 0.664. The molecule has 1 aliphatic rings. The van der Waals surface area contributed by atoms with Crippen LogP contribution in [-0.4, -0.2) is 62.0 Å². The second-order valence-electron chi connectivity index (χ2n) is 7.73. The van der Waals surface area contributed by atoms with Crippen molar-refractivity contribution in [2.75, 3.05) is 33.3 Å². The Morgan fingerprint density at radius 3 is 2.70 bits per heavy atom. The zero-order valence-electron chi connectivity index (χ0n) is 17.9. The molecule has 1 unspecified atom stereocenters. The van der Waals surface area contributed by atoms with Crippen LogP contribution in [-0.2, 0) is 14.8 Å². The Morgan fingerprint density at radius 2 is 2.03 bits per heavy atom. The lowest BCUT2D eigenvalue weighted by molar-refractivity contribution is -0.135. The van der Waals surface area contributed by atoms with Crippen LogP contribution in [0.4, 0.5) is 0 Å². The second kappa shape index (κ2) is 9.18. The summed E-state index contributed by atoms with van der Waals surface area (Å²) < 4.78 is 38.3. The molecule has 1 aliphatic heterocycles. The summed E-state index contributed by atoms with van der Waals surface area (Å²) in [6.07, 6.45) is 1.29. The molecule has 1 fully saturated rings. The summed E-state index contributed by atoms with van der Waals surface area (Å²) in [4.78, 5) is 14.6. The van der Waals surface area contributed by atoms with Crippen LogP contribution >= 0.6 is 0 Å². The highest BCUT2D eigenvalue weighted by Gasteiger charge is 2.37. The Balaban J connectivity index is 1.60. The number of sulfonamides is 1. The molecule has 0 radical (unpaired) electrons. The average Bonchev–Trinajstić information content (AvgIpc) is 3.07. The van der Waals surface area contributed by atoms with Gasteiger partial charge in [0.2, 0.25) is 15.9 Å². The Morgan fingerprint density at radius 1 is 1.30 bits per heavy atom. The minimum atomic E-state index is -3.75. The molecule has 0 N–H and O–H groups in total. The number of carbonyl (C=O) groups excluding carboxylic acids is 1. The molecule has 0 saturated carbocycles. The summed E-state index contributed by atoms with van der Waals surface area (Å²) >= 11 is 0. The normalized spacial score (nSPS) is 17.7. The standard InChI is InChI=1S/C21H29N3O5S/c1-15-8-5-6-10-19(15)28-13-12-23(4)21(25)18-9-7-11-24(14-18)30(26,27)20-16(2)22-29-17(20)3/h5-6,8,10,18H,7,9,11-14H2,1-4H3. The Labute approximate surface area is 177 Å². The maximum atomic E-state index is 13.1. The fourth-order valence-electron chi connectivity index (χ4n) is 3.77. The first-order valence-corrected chi connectivity index (χ1v) is 11.5. The van der Waals surface area contributed by atoms with Crippen molar-refractivity contribution < 1.29 is 22.5 Å². The number of para-hydroxylation sites is 1. The van der Waals surface area contributed by atoms with Gasteiger partial charge in [0.25, 0.3) is 0 Å². The molecule has 1 atom stereocenters. The van der Waals surface area contributed by atoms with Crippen molar-refractivity contribution in [2.24, 2.45) is 5.92 Å². The number of aromatic nitrogens is 1. The van der Waals surface area contributed by atoms with Gasteiger partial charge in [-0.3, -0.25) is 4.79 Å². The number of rotatable bonds is 7. The van der Waals surface area contributed by atoms with Crippen LogP contribution in [0.3, 0.4) is 0 Å². The van der Waals surface area contributed by atoms with Crippen molar-refractivity contribution in [1.29, 1.82) is 0 Å².